The van der Waals surface area contributed by atoms with Crippen molar-refractivity contribution in [3.63, 3.8) is 0 Å². The summed E-state index contributed by atoms with van der Waals surface area (Å²) in [6.45, 7) is 0. The quantitative estimate of drug-likeness (QED) is 0.256. The van der Waals surface area contributed by atoms with E-state index in [1.807, 2.05) is 54.6 Å². The maximum absolute atomic E-state index is 13.4. The van der Waals surface area contributed by atoms with E-state index in [0.717, 1.165) is 21.5 Å². The molecule has 5 aromatic rings. The number of aromatic nitrogens is 1. The zero-order chi connectivity index (χ0) is 19.3. The van der Waals surface area contributed by atoms with Gasteiger partial charge in [-0.3, -0.25) is 14.9 Å². The summed E-state index contributed by atoms with van der Waals surface area (Å²) in [6, 6.07) is 23.7. The molecule has 1 N–H and O–H groups in total. The fourth-order valence-corrected chi connectivity index (χ4v) is 3.83. The van der Waals surface area contributed by atoms with Crippen molar-refractivity contribution in [3.05, 3.63) is 100 Å². The van der Waals surface area contributed by atoms with Crippen molar-refractivity contribution in [1.82, 2.24) is 4.98 Å². The lowest BCUT2D eigenvalue weighted by Gasteiger charge is -2.08. The predicted molar refractivity (Wildman–Crippen MR) is 110 cm³/mol. The van der Waals surface area contributed by atoms with Gasteiger partial charge in [-0.15, -0.1) is 0 Å². The Balaban J connectivity index is 1.96. The third-order valence-corrected chi connectivity index (χ3v) is 5.09. The van der Waals surface area contributed by atoms with E-state index >= 15 is 0 Å². The second-order valence-electron chi connectivity index (χ2n) is 6.67. The smallest absolute Gasteiger partial charge is 0.293 e. The van der Waals surface area contributed by atoms with Crippen molar-refractivity contribution in [2.75, 3.05) is 0 Å². The number of non-ortho nitro benzene ring substituents is 1. The predicted octanol–water partition coefficient (Wildman–Crippen LogP) is 5.61. The number of nitrogens with one attached hydrogen (secondary N) is 1. The third-order valence-electron chi connectivity index (χ3n) is 5.09. The van der Waals surface area contributed by atoms with Crippen LogP contribution in [0.15, 0.2) is 78.9 Å². The second-order valence-corrected chi connectivity index (χ2v) is 6.67. The number of carbonyl (C=O) groups is 1. The molecule has 5 heteroatoms. The summed E-state index contributed by atoms with van der Waals surface area (Å²) in [5.41, 5.74) is 2.16. The molecule has 5 rings (SSSR count). The summed E-state index contributed by atoms with van der Waals surface area (Å²) >= 11 is 0. The minimum absolute atomic E-state index is 0.00383. The molecule has 0 bridgehead atoms. The Labute approximate surface area is 159 Å². The van der Waals surface area contributed by atoms with Crippen LogP contribution in [0.1, 0.15) is 15.9 Å². The largest absolute Gasteiger partial charge is 0.348 e. The van der Waals surface area contributed by atoms with Gasteiger partial charge in [-0.05, 0) is 16.8 Å². The average Bonchev–Trinajstić information content (AvgIpc) is 3.10. The summed E-state index contributed by atoms with van der Waals surface area (Å²) < 4.78 is 0. The molecule has 28 heavy (non-hydrogen) atoms. The minimum Gasteiger partial charge on any atom is -0.348 e. The molecule has 1 aromatic heterocycles. The first-order valence-electron chi connectivity index (χ1n) is 8.85. The first-order valence-corrected chi connectivity index (χ1v) is 8.85. The summed E-state index contributed by atoms with van der Waals surface area (Å²) in [5.74, 6) is -0.114. The van der Waals surface area contributed by atoms with Crippen molar-refractivity contribution in [2.45, 2.75) is 0 Å². The number of nitrogens with zero attached hydrogens (tertiary/aromatic N) is 1. The molecule has 0 spiro atoms. The van der Waals surface area contributed by atoms with E-state index in [-0.39, 0.29) is 11.5 Å². The van der Waals surface area contributed by atoms with E-state index in [1.165, 1.54) is 6.07 Å². The van der Waals surface area contributed by atoms with Gasteiger partial charge in [0, 0.05) is 22.4 Å². The van der Waals surface area contributed by atoms with E-state index in [9.17, 15) is 14.9 Å². The topological polar surface area (TPSA) is 76.0 Å². The van der Waals surface area contributed by atoms with Crippen LogP contribution in [0.25, 0.3) is 32.6 Å². The number of rotatable bonds is 3. The average molecular weight is 366 g/mol. The Morgan fingerprint density at radius 1 is 0.786 bits per heavy atom. The van der Waals surface area contributed by atoms with Gasteiger partial charge in [-0.2, -0.15) is 0 Å². The number of para-hydroxylation sites is 1. The summed E-state index contributed by atoms with van der Waals surface area (Å²) in [6.07, 6.45) is 0. The van der Waals surface area contributed by atoms with Crippen LogP contribution in [0.2, 0.25) is 0 Å². The van der Waals surface area contributed by atoms with Gasteiger partial charge < -0.3 is 4.98 Å². The standard InChI is InChI=1S/C23H14N2O3/c26-23(14-7-2-1-3-8-14)20-16-10-5-4-9-15(16)13-18-17-11-6-12-19(25(27)28)21(17)24-22(18)20/h1-13,24H. The molecule has 1 heterocycles. The molecule has 5 nitrogen and oxygen atoms in total. The Morgan fingerprint density at radius 2 is 1.50 bits per heavy atom. The van der Waals surface area contributed by atoms with E-state index in [2.05, 4.69) is 4.98 Å². The molecule has 0 saturated heterocycles. The molecule has 0 saturated carbocycles. The molecule has 0 aliphatic heterocycles. The summed E-state index contributed by atoms with van der Waals surface area (Å²) in [4.78, 5) is 27.7. The number of carbonyl (C=O) groups excluding carboxylic acids is 1. The molecule has 0 aliphatic rings. The van der Waals surface area contributed by atoms with Crippen molar-refractivity contribution < 1.29 is 9.72 Å². The van der Waals surface area contributed by atoms with Crippen LogP contribution in [0.5, 0.6) is 0 Å². The van der Waals surface area contributed by atoms with E-state index in [4.69, 9.17) is 0 Å². The normalized spacial score (nSPS) is 11.3. The van der Waals surface area contributed by atoms with Gasteiger partial charge in [-0.25, -0.2) is 0 Å². The molecule has 134 valence electrons. The Kier molecular flexibility index (Phi) is 3.49. The Hall–Kier alpha value is -3.99. The molecule has 0 unspecified atom stereocenters. The van der Waals surface area contributed by atoms with Crippen LogP contribution in [0, 0.1) is 10.1 Å². The summed E-state index contributed by atoms with van der Waals surface area (Å²) in [5, 5.41) is 14.8. The number of benzene rings is 4. The minimum atomic E-state index is -0.407. The first-order chi connectivity index (χ1) is 13.6. The van der Waals surface area contributed by atoms with Gasteiger partial charge in [0.15, 0.2) is 5.78 Å². The highest BCUT2D eigenvalue weighted by atomic mass is 16.6. The van der Waals surface area contributed by atoms with Crippen molar-refractivity contribution in [1.29, 1.82) is 0 Å². The number of fused-ring (bicyclic) bond motifs is 4. The number of aromatic amines is 1. The fraction of sp³-hybridized carbons (Fsp3) is 0. The SMILES string of the molecule is O=C(c1ccccc1)c1c2ccccc2cc2c1[nH]c1c([N+](=O)[O-])cccc12. The molecular formula is C23H14N2O3. The van der Waals surface area contributed by atoms with Gasteiger partial charge in [0.1, 0.15) is 5.52 Å². The molecule has 0 aliphatic carbocycles. The van der Waals surface area contributed by atoms with Gasteiger partial charge in [0.25, 0.3) is 5.69 Å². The summed E-state index contributed by atoms with van der Waals surface area (Å²) in [7, 11) is 0. The second kappa shape index (κ2) is 6.03. The van der Waals surface area contributed by atoms with Crippen LogP contribution < -0.4 is 0 Å². The maximum Gasteiger partial charge on any atom is 0.293 e. The van der Waals surface area contributed by atoms with Gasteiger partial charge in [-0.1, -0.05) is 66.7 Å². The highest BCUT2D eigenvalue weighted by Crippen LogP contribution is 2.37. The van der Waals surface area contributed by atoms with Crippen molar-refractivity contribution >= 4 is 44.0 Å². The molecule has 0 amide bonds. The number of hydrogen-bond acceptors (Lipinski definition) is 3. The Bertz CT molecular complexity index is 1400. The molecular weight excluding hydrogens is 352 g/mol. The highest BCUT2D eigenvalue weighted by Gasteiger charge is 2.22. The van der Waals surface area contributed by atoms with E-state index in [1.54, 1.807) is 18.2 Å². The van der Waals surface area contributed by atoms with Crippen LogP contribution in [0.3, 0.4) is 0 Å². The molecule has 4 aromatic carbocycles. The highest BCUT2D eigenvalue weighted by molar-refractivity contribution is 6.27. The van der Waals surface area contributed by atoms with Crippen LogP contribution in [0.4, 0.5) is 5.69 Å². The lowest BCUT2D eigenvalue weighted by Crippen LogP contribution is -2.03. The fourth-order valence-electron chi connectivity index (χ4n) is 3.83. The number of nitro groups is 1. The molecule has 0 atom stereocenters. The zero-order valence-electron chi connectivity index (χ0n) is 14.7. The van der Waals surface area contributed by atoms with Crippen LogP contribution in [-0.4, -0.2) is 15.7 Å². The number of H-pyrrole nitrogens is 1. The molecule has 0 fully saturated rings. The Morgan fingerprint density at radius 3 is 2.29 bits per heavy atom. The zero-order valence-corrected chi connectivity index (χ0v) is 14.7. The lowest BCUT2D eigenvalue weighted by molar-refractivity contribution is -0.383. The van der Waals surface area contributed by atoms with Gasteiger partial charge in [0.2, 0.25) is 0 Å². The van der Waals surface area contributed by atoms with Crippen LogP contribution >= 0.6 is 0 Å². The first kappa shape index (κ1) is 16.2. The van der Waals surface area contributed by atoms with Gasteiger partial charge in [0.05, 0.1) is 16.0 Å². The van der Waals surface area contributed by atoms with E-state index in [0.29, 0.717) is 22.2 Å². The maximum atomic E-state index is 13.4. The van der Waals surface area contributed by atoms with Crippen LogP contribution in [-0.2, 0) is 0 Å². The van der Waals surface area contributed by atoms with E-state index < -0.39 is 4.92 Å². The number of hydrogen-bond donors (Lipinski definition) is 1. The monoisotopic (exact) mass is 366 g/mol. The van der Waals surface area contributed by atoms with Crippen molar-refractivity contribution in [2.24, 2.45) is 0 Å². The number of ketones is 1. The number of nitro benzene ring substituents is 1. The van der Waals surface area contributed by atoms with Crippen molar-refractivity contribution in [3.8, 4) is 0 Å². The van der Waals surface area contributed by atoms with Gasteiger partial charge >= 0.3 is 0 Å². The lowest BCUT2D eigenvalue weighted by atomic mass is 9.94. The molecule has 0 radical (unpaired) electrons. The third kappa shape index (κ3) is 2.30.